The highest BCUT2D eigenvalue weighted by Crippen LogP contribution is 2.10. The first kappa shape index (κ1) is 14.6. The van der Waals surface area contributed by atoms with Crippen molar-refractivity contribution in [3.8, 4) is 0 Å². The molecule has 0 aliphatic carbocycles. The van der Waals surface area contributed by atoms with Gasteiger partial charge in [0.15, 0.2) is 0 Å². The van der Waals surface area contributed by atoms with Crippen LogP contribution in [0.5, 0.6) is 0 Å². The second-order valence-corrected chi connectivity index (χ2v) is 4.18. The predicted octanol–water partition coefficient (Wildman–Crippen LogP) is 1.52. The fraction of sp³-hybridized carbons (Fsp3) is 0.636. The lowest BCUT2D eigenvalue weighted by Crippen LogP contribution is -2.28. The number of aromatic nitrogens is 3. The third-order valence-electron chi connectivity index (χ3n) is 2.79. The fourth-order valence-electron chi connectivity index (χ4n) is 1.70. The summed E-state index contributed by atoms with van der Waals surface area (Å²) in [6.07, 6.45) is 1.31. The lowest BCUT2D eigenvalue weighted by Gasteiger charge is -2.09. The molecule has 102 valence electrons. The van der Waals surface area contributed by atoms with Crippen LogP contribution >= 0.6 is 0 Å². The molecule has 1 aromatic heterocycles. The maximum atomic E-state index is 12.5. The summed E-state index contributed by atoms with van der Waals surface area (Å²) in [4.78, 5) is 11.9. The molecule has 0 amide bonds. The number of hydrogen-bond donors (Lipinski definition) is 1. The van der Waals surface area contributed by atoms with Gasteiger partial charge in [-0.2, -0.15) is 13.9 Å². The minimum Gasteiger partial charge on any atom is -0.327 e. The van der Waals surface area contributed by atoms with Gasteiger partial charge in [0.2, 0.25) is 0 Å². The van der Waals surface area contributed by atoms with Crippen LogP contribution < -0.4 is 11.4 Å². The summed E-state index contributed by atoms with van der Waals surface area (Å²) in [5, 5.41) is 3.83. The van der Waals surface area contributed by atoms with Crippen LogP contribution in [0.4, 0.5) is 8.78 Å². The number of rotatable bonds is 6. The Labute approximate surface area is 104 Å². The number of halogens is 2. The van der Waals surface area contributed by atoms with Gasteiger partial charge in [0.1, 0.15) is 6.33 Å². The first-order chi connectivity index (χ1) is 8.51. The zero-order chi connectivity index (χ0) is 13.7. The topological polar surface area (TPSA) is 65.8 Å². The molecule has 1 heterocycles. The summed E-state index contributed by atoms with van der Waals surface area (Å²) in [6.45, 7) is 3.36. The van der Waals surface area contributed by atoms with Crippen LogP contribution in [-0.4, -0.2) is 20.9 Å². The average molecular weight is 260 g/mol. The van der Waals surface area contributed by atoms with E-state index in [2.05, 4.69) is 5.10 Å². The largest absolute Gasteiger partial charge is 0.346 e. The first-order valence-corrected chi connectivity index (χ1v) is 5.88. The Morgan fingerprint density at radius 3 is 2.72 bits per heavy atom. The van der Waals surface area contributed by atoms with Crippen molar-refractivity contribution in [2.75, 3.05) is 6.54 Å². The molecule has 18 heavy (non-hydrogen) atoms. The van der Waals surface area contributed by atoms with Gasteiger partial charge in [-0.05, 0) is 13.3 Å². The normalized spacial score (nSPS) is 12.5. The first-order valence-electron chi connectivity index (χ1n) is 5.88. The number of hydrogen-bond acceptors (Lipinski definition) is 3. The highest BCUT2D eigenvalue weighted by Gasteiger charge is 2.13. The van der Waals surface area contributed by atoms with Crippen molar-refractivity contribution in [1.29, 1.82) is 0 Å². The SMILES string of the molecule is CCCC(C)n1cnn(CC(CN)=C(F)F)c1=O. The monoisotopic (exact) mass is 260 g/mol. The van der Waals surface area contributed by atoms with Crippen LogP contribution in [0, 0.1) is 0 Å². The molecule has 5 nitrogen and oxygen atoms in total. The van der Waals surface area contributed by atoms with E-state index in [1.54, 1.807) is 0 Å². The van der Waals surface area contributed by atoms with E-state index in [1.807, 2.05) is 13.8 Å². The molecule has 0 aromatic carbocycles. The summed E-state index contributed by atoms with van der Waals surface area (Å²) in [5.74, 6) is 0. The molecule has 1 rings (SSSR count). The Hall–Kier alpha value is -1.50. The molecular weight excluding hydrogens is 242 g/mol. The Bertz CT molecular complexity index is 474. The third kappa shape index (κ3) is 3.25. The van der Waals surface area contributed by atoms with E-state index >= 15 is 0 Å². The summed E-state index contributed by atoms with van der Waals surface area (Å²) in [5.41, 5.74) is 4.54. The van der Waals surface area contributed by atoms with Crippen LogP contribution in [0.15, 0.2) is 22.8 Å². The number of nitrogens with zero attached hydrogens (tertiary/aromatic N) is 3. The smallest absolute Gasteiger partial charge is 0.327 e. The second-order valence-electron chi connectivity index (χ2n) is 4.18. The summed E-state index contributed by atoms with van der Waals surface area (Å²) in [7, 11) is 0. The van der Waals surface area contributed by atoms with Gasteiger partial charge in [0.25, 0.3) is 6.08 Å². The molecule has 0 saturated heterocycles. The van der Waals surface area contributed by atoms with Gasteiger partial charge < -0.3 is 5.73 Å². The maximum absolute atomic E-state index is 12.5. The average Bonchev–Trinajstić information content (AvgIpc) is 2.67. The zero-order valence-electron chi connectivity index (χ0n) is 10.6. The van der Waals surface area contributed by atoms with E-state index in [-0.39, 0.29) is 30.4 Å². The quantitative estimate of drug-likeness (QED) is 0.843. The van der Waals surface area contributed by atoms with Gasteiger partial charge in [0.05, 0.1) is 6.54 Å². The Morgan fingerprint density at radius 2 is 2.22 bits per heavy atom. The van der Waals surface area contributed by atoms with E-state index in [0.29, 0.717) is 0 Å². The minimum atomic E-state index is -1.85. The summed E-state index contributed by atoms with van der Waals surface area (Å²) in [6, 6.07) is 0.0109. The van der Waals surface area contributed by atoms with E-state index in [1.165, 1.54) is 10.9 Å². The van der Waals surface area contributed by atoms with Crippen molar-refractivity contribution in [3.63, 3.8) is 0 Å². The molecule has 1 unspecified atom stereocenters. The van der Waals surface area contributed by atoms with Crippen LogP contribution in [0.3, 0.4) is 0 Å². The van der Waals surface area contributed by atoms with Gasteiger partial charge in [0, 0.05) is 18.2 Å². The molecule has 0 fully saturated rings. The molecule has 2 N–H and O–H groups in total. The van der Waals surface area contributed by atoms with Crippen molar-refractivity contribution in [3.05, 3.63) is 28.5 Å². The summed E-state index contributed by atoms with van der Waals surface area (Å²) < 4.78 is 27.4. The Kier molecular flexibility index (Phi) is 5.21. The van der Waals surface area contributed by atoms with E-state index in [0.717, 1.165) is 17.5 Å². The molecule has 0 radical (unpaired) electrons. The van der Waals surface area contributed by atoms with Gasteiger partial charge in [-0.15, -0.1) is 0 Å². The van der Waals surface area contributed by atoms with Gasteiger partial charge in [-0.1, -0.05) is 13.3 Å². The highest BCUT2D eigenvalue weighted by molar-refractivity contribution is 5.03. The van der Waals surface area contributed by atoms with Crippen molar-refractivity contribution in [2.24, 2.45) is 5.73 Å². The third-order valence-corrected chi connectivity index (χ3v) is 2.79. The molecule has 1 atom stereocenters. The zero-order valence-corrected chi connectivity index (χ0v) is 10.6. The molecule has 1 aromatic rings. The molecule has 0 spiro atoms. The van der Waals surface area contributed by atoms with Crippen LogP contribution in [0.2, 0.25) is 0 Å². The van der Waals surface area contributed by atoms with E-state index < -0.39 is 6.08 Å². The molecule has 0 aliphatic rings. The van der Waals surface area contributed by atoms with E-state index in [9.17, 15) is 13.6 Å². The molecule has 0 saturated carbocycles. The van der Waals surface area contributed by atoms with E-state index in [4.69, 9.17) is 5.73 Å². The lowest BCUT2D eigenvalue weighted by atomic mass is 10.2. The maximum Gasteiger partial charge on any atom is 0.346 e. The Balaban J connectivity index is 2.94. The fourth-order valence-corrected chi connectivity index (χ4v) is 1.70. The van der Waals surface area contributed by atoms with Crippen molar-refractivity contribution >= 4 is 0 Å². The predicted molar refractivity (Wildman–Crippen MR) is 64.4 cm³/mol. The highest BCUT2D eigenvalue weighted by atomic mass is 19.3. The minimum absolute atomic E-state index is 0.0109. The number of nitrogens with two attached hydrogens (primary N) is 1. The lowest BCUT2D eigenvalue weighted by molar-refractivity contribution is 0.399. The summed E-state index contributed by atoms with van der Waals surface area (Å²) >= 11 is 0. The van der Waals surface area contributed by atoms with Gasteiger partial charge in [-0.25, -0.2) is 9.48 Å². The molecule has 0 aliphatic heterocycles. The van der Waals surface area contributed by atoms with Crippen molar-refractivity contribution < 1.29 is 8.78 Å². The van der Waals surface area contributed by atoms with Crippen molar-refractivity contribution in [2.45, 2.75) is 39.3 Å². The van der Waals surface area contributed by atoms with Crippen LogP contribution in [0.1, 0.15) is 32.7 Å². The van der Waals surface area contributed by atoms with Crippen LogP contribution in [-0.2, 0) is 6.54 Å². The van der Waals surface area contributed by atoms with Gasteiger partial charge >= 0.3 is 5.69 Å². The second kappa shape index (κ2) is 6.44. The Morgan fingerprint density at radius 1 is 1.56 bits per heavy atom. The standard InChI is InChI=1S/C11H18F2N4O/c1-3-4-8(2)16-7-15-17(11(16)18)6-9(5-14)10(12)13/h7-8H,3-6,14H2,1-2H3. The van der Waals surface area contributed by atoms with Crippen LogP contribution in [0.25, 0.3) is 0 Å². The van der Waals surface area contributed by atoms with Crippen molar-refractivity contribution in [1.82, 2.24) is 14.3 Å². The molecular formula is C11H18F2N4O. The van der Waals surface area contributed by atoms with Gasteiger partial charge in [-0.3, -0.25) is 4.57 Å². The molecule has 7 heteroatoms. The molecule has 0 bridgehead atoms.